The molecule has 1 fully saturated rings. The third-order valence-electron chi connectivity index (χ3n) is 3.49. The van der Waals surface area contributed by atoms with E-state index in [1.165, 1.54) is 31.4 Å². The summed E-state index contributed by atoms with van der Waals surface area (Å²) in [6.45, 7) is 6.53. The molecular formula is C12H22N4. The fourth-order valence-corrected chi connectivity index (χ4v) is 2.51. The molecule has 4 nitrogen and oxygen atoms in total. The standard InChI is InChI=1S/C12H22N4/c1-3-9-16-11(10-14-15-16)12(2)7-5-4-6-8-13-12/h10,13H,3-9H2,1-2H3. The van der Waals surface area contributed by atoms with E-state index in [0.29, 0.717) is 0 Å². The minimum absolute atomic E-state index is 0.0647. The Kier molecular flexibility index (Phi) is 3.59. The van der Waals surface area contributed by atoms with Crippen LogP contribution in [0.2, 0.25) is 0 Å². The molecule has 2 heterocycles. The van der Waals surface area contributed by atoms with Gasteiger partial charge in [0.05, 0.1) is 17.4 Å². The van der Waals surface area contributed by atoms with Gasteiger partial charge in [0.15, 0.2) is 0 Å². The van der Waals surface area contributed by atoms with Crippen molar-refractivity contribution in [3.63, 3.8) is 0 Å². The summed E-state index contributed by atoms with van der Waals surface area (Å²) >= 11 is 0. The van der Waals surface area contributed by atoms with Gasteiger partial charge in [-0.05, 0) is 32.7 Å². The zero-order valence-electron chi connectivity index (χ0n) is 10.4. The molecule has 1 saturated heterocycles. The molecule has 0 aromatic carbocycles. The van der Waals surface area contributed by atoms with Gasteiger partial charge in [-0.1, -0.05) is 25.0 Å². The Balaban J connectivity index is 2.22. The van der Waals surface area contributed by atoms with Crippen LogP contribution >= 0.6 is 0 Å². The van der Waals surface area contributed by atoms with Crippen molar-refractivity contribution >= 4 is 0 Å². The Morgan fingerprint density at radius 1 is 1.44 bits per heavy atom. The molecule has 16 heavy (non-hydrogen) atoms. The van der Waals surface area contributed by atoms with Gasteiger partial charge in [-0.25, -0.2) is 4.68 Å². The second-order valence-electron chi connectivity index (χ2n) is 4.91. The van der Waals surface area contributed by atoms with Crippen molar-refractivity contribution < 1.29 is 0 Å². The molecule has 1 aliphatic heterocycles. The predicted octanol–water partition coefficient (Wildman–Crippen LogP) is 2.07. The molecule has 0 spiro atoms. The van der Waals surface area contributed by atoms with Gasteiger partial charge in [0, 0.05) is 6.54 Å². The van der Waals surface area contributed by atoms with Crippen LogP contribution in [0.15, 0.2) is 6.20 Å². The average Bonchev–Trinajstić information content (AvgIpc) is 2.62. The molecule has 1 unspecified atom stereocenters. The van der Waals surface area contributed by atoms with E-state index in [1.54, 1.807) is 0 Å². The molecule has 1 N–H and O–H groups in total. The number of aryl methyl sites for hydroxylation is 1. The fourth-order valence-electron chi connectivity index (χ4n) is 2.51. The number of hydrogen-bond acceptors (Lipinski definition) is 3. The summed E-state index contributed by atoms with van der Waals surface area (Å²) in [6.07, 6.45) is 8.12. The highest BCUT2D eigenvalue weighted by Gasteiger charge is 2.30. The Morgan fingerprint density at radius 2 is 2.31 bits per heavy atom. The van der Waals surface area contributed by atoms with E-state index in [1.807, 2.05) is 6.20 Å². The number of aromatic nitrogens is 3. The summed E-state index contributed by atoms with van der Waals surface area (Å²) in [7, 11) is 0. The Hall–Kier alpha value is -0.900. The summed E-state index contributed by atoms with van der Waals surface area (Å²) in [4.78, 5) is 0. The van der Waals surface area contributed by atoms with Gasteiger partial charge in [-0.3, -0.25) is 0 Å². The van der Waals surface area contributed by atoms with Gasteiger partial charge in [-0.15, -0.1) is 5.10 Å². The van der Waals surface area contributed by atoms with Crippen LogP contribution in [-0.4, -0.2) is 21.5 Å². The van der Waals surface area contributed by atoms with Crippen LogP contribution in [0.5, 0.6) is 0 Å². The van der Waals surface area contributed by atoms with E-state index in [2.05, 4.69) is 34.2 Å². The topological polar surface area (TPSA) is 42.7 Å². The Bertz CT molecular complexity index is 324. The van der Waals surface area contributed by atoms with Crippen molar-refractivity contribution in [3.8, 4) is 0 Å². The van der Waals surface area contributed by atoms with Crippen LogP contribution in [0.25, 0.3) is 0 Å². The van der Waals surface area contributed by atoms with E-state index in [4.69, 9.17) is 0 Å². The average molecular weight is 222 g/mol. The molecule has 4 heteroatoms. The second-order valence-corrected chi connectivity index (χ2v) is 4.91. The highest BCUT2D eigenvalue weighted by molar-refractivity contribution is 5.11. The molecule has 1 atom stereocenters. The van der Waals surface area contributed by atoms with Crippen LogP contribution in [0.3, 0.4) is 0 Å². The van der Waals surface area contributed by atoms with Gasteiger partial charge >= 0.3 is 0 Å². The van der Waals surface area contributed by atoms with E-state index >= 15 is 0 Å². The summed E-state index contributed by atoms with van der Waals surface area (Å²) in [5.74, 6) is 0. The first-order chi connectivity index (χ1) is 7.76. The zero-order valence-corrected chi connectivity index (χ0v) is 10.4. The minimum Gasteiger partial charge on any atom is -0.306 e. The number of rotatable bonds is 3. The van der Waals surface area contributed by atoms with E-state index < -0.39 is 0 Å². The Labute approximate surface area is 97.4 Å². The van der Waals surface area contributed by atoms with E-state index in [-0.39, 0.29) is 5.54 Å². The van der Waals surface area contributed by atoms with E-state index in [9.17, 15) is 0 Å². The second kappa shape index (κ2) is 4.95. The quantitative estimate of drug-likeness (QED) is 0.851. The van der Waals surface area contributed by atoms with Crippen molar-refractivity contribution in [2.24, 2.45) is 0 Å². The van der Waals surface area contributed by atoms with Crippen molar-refractivity contribution in [1.29, 1.82) is 0 Å². The van der Waals surface area contributed by atoms with Crippen LogP contribution < -0.4 is 5.32 Å². The van der Waals surface area contributed by atoms with Crippen LogP contribution in [-0.2, 0) is 12.1 Å². The van der Waals surface area contributed by atoms with Crippen LogP contribution in [0.4, 0.5) is 0 Å². The molecule has 1 aromatic heterocycles. The maximum absolute atomic E-state index is 4.18. The lowest BCUT2D eigenvalue weighted by Crippen LogP contribution is -2.40. The third kappa shape index (κ3) is 2.26. The normalized spacial score (nSPS) is 26.6. The molecule has 2 rings (SSSR count). The van der Waals surface area contributed by atoms with Crippen LogP contribution in [0.1, 0.15) is 51.6 Å². The van der Waals surface area contributed by atoms with Crippen molar-refractivity contribution in [2.45, 2.75) is 58.0 Å². The molecular weight excluding hydrogens is 200 g/mol. The lowest BCUT2D eigenvalue weighted by molar-refractivity contribution is 0.327. The lowest BCUT2D eigenvalue weighted by Gasteiger charge is -2.29. The van der Waals surface area contributed by atoms with Crippen LogP contribution in [0, 0.1) is 0 Å². The van der Waals surface area contributed by atoms with Crippen molar-refractivity contribution in [2.75, 3.05) is 6.54 Å². The van der Waals surface area contributed by atoms with Crippen molar-refractivity contribution in [3.05, 3.63) is 11.9 Å². The largest absolute Gasteiger partial charge is 0.306 e. The smallest absolute Gasteiger partial charge is 0.0785 e. The van der Waals surface area contributed by atoms with Crippen molar-refractivity contribution in [1.82, 2.24) is 20.3 Å². The number of nitrogens with one attached hydrogen (secondary N) is 1. The van der Waals surface area contributed by atoms with E-state index in [0.717, 1.165) is 19.5 Å². The van der Waals surface area contributed by atoms with Gasteiger partial charge < -0.3 is 5.32 Å². The number of hydrogen-bond donors (Lipinski definition) is 1. The van der Waals surface area contributed by atoms with Gasteiger partial charge in [0.1, 0.15) is 0 Å². The monoisotopic (exact) mass is 222 g/mol. The SMILES string of the molecule is CCCn1nncc1C1(C)CCCCCN1. The highest BCUT2D eigenvalue weighted by atomic mass is 15.4. The zero-order chi connectivity index (χ0) is 11.4. The molecule has 1 aliphatic rings. The molecule has 0 saturated carbocycles. The molecule has 1 aromatic rings. The first-order valence-electron chi connectivity index (χ1n) is 6.40. The van der Waals surface area contributed by atoms with Gasteiger partial charge in [0.2, 0.25) is 0 Å². The summed E-state index contributed by atoms with van der Waals surface area (Å²) in [5.41, 5.74) is 1.31. The summed E-state index contributed by atoms with van der Waals surface area (Å²) < 4.78 is 2.05. The summed E-state index contributed by atoms with van der Waals surface area (Å²) in [5, 5.41) is 11.9. The van der Waals surface area contributed by atoms with Gasteiger partial charge in [0.25, 0.3) is 0 Å². The maximum atomic E-state index is 4.18. The minimum atomic E-state index is 0.0647. The Morgan fingerprint density at radius 3 is 3.12 bits per heavy atom. The number of nitrogens with zero attached hydrogens (tertiary/aromatic N) is 3. The fraction of sp³-hybridized carbons (Fsp3) is 0.833. The lowest BCUT2D eigenvalue weighted by atomic mass is 9.92. The molecule has 0 bridgehead atoms. The molecule has 0 amide bonds. The summed E-state index contributed by atoms with van der Waals surface area (Å²) in [6, 6.07) is 0. The first kappa shape index (κ1) is 11.6. The third-order valence-corrected chi connectivity index (χ3v) is 3.49. The van der Waals surface area contributed by atoms with Gasteiger partial charge in [-0.2, -0.15) is 0 Å². The predicted molar refractivity (Wildman–Crippen MR) is 64.1 cm³/mol. The molecule has 0 radical (unpaired) electrons. The molecule has 90 valence electrons. The first-order valence-corrected chi connectivity index (χ1v) is 6.40. The molecule has 0 aliphatic carbocycles. The maximum Gasteiger partial charge on any atom is 0.0785 e. The highest BCUT2D eigenvalue weighted by Crippen LogP contribution is 2.28.